The lowest BCUT2D eigenvalue weighted by atomic mass is 10.1. The third-order valence-electron chi connectivity index (χ3n) is 4.08. The summed E-state index contributed by atoms with van der Waals surface area (Å²) in [6, 6.07) is 4.01. The van der Waals surface area contributed by atoms with Crippen molar-refractivity contribution in [1.29, 1.82) is 0 Å². The fourth-order valence-corrected chi connectivity index (χ4v) is 2.64. The number of nitrogens with zero attached hydrogens (tertiary/aromatic N) is 1. The highest BCUT2D eigenvalue weighted by atomic mass is 16.5. The number of H-pyrrole nitrogens is 1. The molecule has 0 radical (unpaired) electrons. The molecule has 4 heteroatoms. The first-order valence-corrected chi connectivity index (χ1v) is 7.95. The number of hydrogen-bond acceptors (Lipinski definition) is 3. The SMILES string of the molecule is CCc1cc(C=Cc2cc(CC)c(C)[nH]c2=O)c(OC)nc1C. The van der Waals surface area contributed by atoms with Crippen molar-refractivity contribution >= 4 is 12.2 Å². The van der Waals surface area contributed by atoms with Crippen molar-refractivity contribution in [3.8, 4) is 5.88 Å². The molecule has 0 saturated heterocycles. The Morgan fingerprint density at radius 3 is 2.30 bits per heavy atom. The number of aryl methyl sites for hydroxylation is 4. The average Bonchev–Trinajstić information content (AvgIpc) is 2.54. The number of aromatic nitrogens is 2. The van der Waals surface area contributed by atoms with Crippen LogP contribution in [-0.4, -0.2) is 17.1 Å². The van der Waals surface area contributed by atoms with E-state index in [1.165, 1.54) is 5.56 Å². The molecule has 0 spiro atoms. The third kappa shape index (κ3) is 3.70. The maximum atomic E-state index is 12.1. The number of nitrogens with one attached hydrogen (secondary N) is 1. The van der Waals surface area contributed by atoms with Gasteiger partial charge in [0.05, 0.1) is 7.11 Å². The molecule has 2 heterocycles. The Morgan fingerprint density at radius 1 is 1.09 bits per heavy atom. The normalized spacial score (nSPS) is 11.2. The molecule has 1 N–H and O–H groups in total. The zero-order valence-corrected chi connectivity index (χ0v) is 14.5. The van der Waals surface area contributed by atoms with E-state index in [1.54, 1.807) is 7.11 Å². The third-order valence-corrected chi connectivity index (χ3v) is 4.08. The minimum absolute atomic E-state index is 0.0781. The van der Waals surface area contributed by atoms with E-state index in [0.717, 1.165) is 35.4 Å². The molecular weight excluding hydrogens is 288 g/mol. The molecular formula is C19H24N2O2. The molecule has 0 unspecified atom stereocenters. The summed E-state index contributed by atoms with van der Waals surface area (Å²) in [7, 11) is 1.61. The van der Waals surface area contributed by atoms with Gasteiger partial charge in [0.1, 0.15) is 0 Å². The highest BCUT2D eigenvalue weighted by Crippen LogP contribution is 2.22. The number of aromatic amines is 1. The molecule has 23 heavy (non-hydrogen) atoms. The summed E-state index contributed by atoms with van der Waals surface area (Å²) in [6.45, 7) is 8.08. The quantitative estimate of drug-likeness (QED) is 0.916. The minimum atomic E-state index is -0.0781. The fraction of sp³-hybridized carbons (Fsp3) is 0.368. The van der Waals surface area contributed by atoms with Gasteiger partial charge in [-0.15, -0.1) is 0 Å². The molecule has 2 aromatic heterocycles. The highest BCUT2D eigenvalue weighted by molar-refractivity contribution is 5.72. The summed E-state index contributed by atoms with van der Waals surface area (Å²) in [5, 5.41) is 0. The van der Waals surface area contributed by atoms with Gasteiger partial charge in [-0.3, -0.25) is 4.79 Å². The monoisotopic (exact) mass is 312 g/mol. The zero-order chi connectivity index (χ0) is 17.0. The fourth-order valence-electron chi connectivity index (χ4n) is 2.64. The number of ether oxygens (including phenoxy) is 1. The van der Waals surface area contributed by atoms with Gasteiger partial charge in [0, 0.05) is 22.5 Å². The second-order valence-corrected chi connectivity index (χ2v) is 5.58. The average molecular weight is 312 g/mol. The lowest BCUT2D eigenvalue weighted by molar-refractivity contribution is 0.395. The maximum Gasteiger partial charge on any atom is 0.255 e. The first-order valence-electron chi connectivity index (χ1n) is 7.95. The van der Waals surface area contributed by atoms with Gasteiger partial charge in [-0.25, -0.2) is 4.98 Å². The van der Waals surface area contributed by atoms with Crippen molar-refractivity contribution in [2.45, 2.75) is 40.5 Å². The largest absolute Gasteiger partial charge is 0.481 e. The van der Waals surface area contributed by atoms with E-state index < -0.39 is 0 Å². The van der Waals surface area contributed by atoms with Gasteiger partial charge in [0.15, 0.2) is 0 Å². The topological polar surface area (TPSA) is 55.0 Å². The van der Waals surface area contributed by atoms with E-state index in [4.69, 9.17) is 4.74 Å². The molecule has 0 bridgehead atoms. The number of methoxy groups -OCH3 is 1. The molecule has 0 aliphatic rings. The summed E-state index contributed by atoms with van der Waals surface area (Å²) in [4.78, 5) is 19.5. The van der Waals surface area contributed by atoms with Crippen LogP contribution in [0.5, 0.6) is 5.88 Å². The van der Waals surface area contributed by atoms with Crippen LogP contribution in [0.3, 0.4) is 0 Å². The Balaban J connectivity index is 2.46. The van der Waals surface area contributed by atoms with Crippen LogP contribution < -0.4 is 10.3 Å². The molecule has 0 aromatic carbocycles. The summed E-state index contributed by atoms with van der Waals surface area (Å²) in [6.07, 6.45) is 5.52. The van der Waals surface area contributed by atoms with Crippen LogP contribution in [-0.2, 0) is 12.8 Å². The molecule has 0 aliphatic heterocycles. The number of pyridine rings is 2. The molecule has 4 nitrogen and oxygen atoms in total. The van der Waals surface area contributed by atoms with Crippen molar-refractivity contribution in [1.82, 2.24) is 9.97 Å². The van der Waals surface area contributed by atoms with Crippen LogP contribution in [0.15, 0.2) is 16.9 Å². The predicted molar refractivity (Wildman–Crippen MR) is 95.0 cm³/mol. The molecule has 0 fully saturated rings. The first kappa shape index (κ1) is 17.0. The van der Waals surface area contributed by atoms with Crippen molar-refractivity contribution in [2.75, 3.05) is 7.11 Å². The van der Waals surface area contributed by atoms with E-state index in [-0.39, 0.29) is 5.56 Å². The van der Waals surface area contributed by atoms with Gasteiger partial charge in [-0.1, -0.05) is 13.8 Å². The highest BCUT2D eigenvalue weighted by Gasteiger charge is 2.07. The van der Waals surface area contributed by atoms with E-state index in [9.17, 15) is 4.79 Å². The van der Waals surface area contributed by atoms with Crippen molar-refractivity contribution in [2.24, 2.45) is 0 Å². The second-order valence-electron chi connectivity index (χ2n) is 5.58. The van der Waals surface area contributed by atoms with Gasteiger partial charge in [-0.05, 0) is 62.1 Å². The molecule has 2 aromatic rings. The molecule has 0 saturated carbocycles. The van der Waals surface area contributed by atoms with Gasteiger partial charge >= 0.3 is 0 Å². The van der Waals surface area contributed by atoms with Crippen LogP contribution in [0.2, 0.25) is 0 Å². The molecule has 0 amide bonds. The van der Waals surface area contributed by atoms with Crippen LogP contribution in [0.1, 0.15) is 47.5 Å². The van der Waals surface area contributed by atoms with Crippen molar-refractivity contribution in [3.05, 3.63) is 56.1 Å². The molecule has 0 aliphatic carbocycles. The van der Waals surface area contributed by atoms with Crippen molar-refractivity contribution in [3.63, 3.8) is 0 Å². The lowest BCUT2D eigenvalue weighted by Gasteiger charge is -2.09. The lowest BCUT2D eigenvalue weighted by Crippen LogP contribution is -2.12. The number of rotatable bonds is 5. The summed E-state index contributed by atoms with van der Waals surface area (Å²) in [5.74, 6) is 0.579. The summed E-state index contributed by atoms with van der Waals surface area (Å²) < 4.78 is 5.36. The number of hydrogen-bond donors (Lipinski definition) is 1. The van der Waals surface area contributed by atoms with Gasteiger partial charge < -0.3 is 9.72 Å². The Bertz CT molecular complexity index is 789. The van der Waals surface area contributed by atoms with Crippen LogP contribution in [0.4, 0.5) is 0 Å². The van der Waals surface area contributed by atoms with E-state index in [1.807, 2.05) is 32.1 Å². The predicted octanol–water partition coefficient (Wildman–Crippen LogP) is 3.69. The maximum absolute atomic E-state index is 12.1. The minimum Gasteiger partial charge on any atom is -0.481 e. The summed E-state index contributed by atoms with van der Waals surface area (Å²) >= 11 is 0. The Kier molecular flexibility index (Phi) is 5.37. The Labute approximate surface area is 137 Å². The molecule has 2 rings (SSSR count). The van der Waals surface area contributed by atoms with Crippen LogP contribution in [0.25, 0.3) is 12.2 Å². The molecule has 122 valence electrons. The van der Waals surface area contributed by atoms with Crippen molar-refractivity contribution < 1.29 is 4.74 Å². The second kappa shape index (κ2) is 7.27. The first-order chi connectivity index (χ1) is 11.0. The van der Waals surface area contributed by atoms with E-state index in [2.05, 4.69) is 29.9 Å². The van der Waals surface area contributed by atoms with E-state index >= 15 is 0 Å². The van der Waals surface area contributed by atoms with E-state index in [0.29, 0.717) is 11.4 Å². The van der Waals surface area contributed by atoms with Gasteiger partial charge in [-0.2, -0.15) is 0 Å². The Morgan fingerprint density at radius 2 is 1.70 bits per heavy atom. The van der Waals surface area contributed by atoms with Crippen LogP contribution in [0, 0.1) is 13.8 Å². The smallest absolute Gasteiger partial charge is 0.255 e. The van der Waals surface area contributed by atoms with Gasteiger partial charge in [0.25, 0.3) is 5.56 Å². The zero-order valence-electron chi connectivity index (χ0n) is 14.5. The summed E-state index contributed by atoms with van der Waals surface area (Å²) in [5.41, 5.74) is 5.68. The van der Waals surface area contributed by atoms with Gasteiger partial charge in [0.2, 0.25) is 5.88 Å². The Hall–Kier alpha value is -2.36. The molecule has 0 atom stereocenters. The standard InChI is InChI=1S/C19H24N2O2/c1-6-14-10-16(18(22)20-12(14)3)8-9-17-11-15(7-2)13(4)21-19(17)23-5/h8-11H,6-7H2,1-5H3,(H,20,22). The van der Waals surface area contributed by atoms with Crippen LogP contribution >= 0.6 is 0 Å².